The van der Waals surface area contributed by atoms with Crippen LogP contribution in [0.4, 0.5) is 14.5 Å². The highest BCUT2D eigenvalue weighted by atomic mass is 19.1. The van der Waals surface area contributed by atoms with Crippen LogP contribution in [0.1, 0.15) is 67.2 Å². The monoisotopic (exact) mass is 585 g/mol. The third-order valence-electron chi connectivity index (χ3n) is 9.23. The summed E-state index contributed by atoms with van der Waals surface area (Å²) in [6, 6.07) is 19.4. The van der Waals surface area contributed by atoms with E-state index in [9.17, 15) is 0 Å². The molecule has 0 bridgehead atoms. The fourth-order valence-corrected chi connectivity index (χ4v) is 7.05. The van der Waals surface area contributed by atoms with Crippen molar-refractivity contribution in [1.29, 1.82) is 0 Å². The van der Waals surface area contributed by atoms with Gasteiger partial charge in [0.15, 0.2) is 6.29 Å². The van der Waals surface area contributed by atoms with Crippen molar-refractivity contribution < 1.29 is 23.0 Å². The van der Waals surface area contributed by atoms with Crippen molar-refractivity contribution in [2.45, 2.75) is 64.3 Å². The van der Waals surface area contributed by atoms with Crippen LogP contribution >= 0.6 is 0 Å². The molecule has 1 aliphatic heterocycles. The number of allylic oxidation sites excluding steroid dienone is 3. The maximum Gasteiger partial charge on any atom is 0.159 e. The van der Waals surface area contributed by atoms with Crippen LogP contribution in [0.2, 0.25) is 0 Å². The second kappa shape index (κ2) is 13.4. The molecular formula is C37H41F2NO3. The highest BCUT2D eigenvalue weighted by Gasteiger charge is 2.30. The van der Waals surface area contributed by atoms with E-state index < -0.39 is 11.6 Å². The second-order valence-electron chi connectivity index (χ2n) is 11.9. The Morgan fingerprint density at radius 3 is 2.28 bits per heavy atom. The average molecular weight is 586 g/mol. The quantitative estimate of drug-likeness (QED) is 0.235. The zero-order valence-corrected chi connectivity index (χ0v) is 25.2. The van der Waals surface area contributed by atoms with Crippen molar-refractivity contribution in [3.8, 4) is 5.75 Å². The van der Waals surface area contributed by atoms with E-state index in [2.05, 4.69) is 18.2 Å². The maximum absolute atomic E-state index is 15.9. The minimum Gasteiger partial charge on any atom is -0.489 e. The average Bonchev–Trinajstić information content (AvgIpc) is 3.05. The minimum absolute atomic E-state index is 0.0632. The fraction of sp³-hybridized carbons (Fsp3) is 0.405. The summed E-state index contributed by atoms with van der Waals surface area (Å²) in [5, 5.41) is 0. The number of benzene rings is 3. The summed E-state index contributed by atoms with van der Waals surface area (Å²) in [5.41, 5.74) is 7.48. The summed E-state index contributed by atoms with van der Waals surface area (Å²) in [6.45, 7) is 1.60. The highest BCUT2D eigenvalue weighted by molar-refractivity contribution is 5.88. The number of aryl methyl sites for hydroxylation is 1. The number of rotatable bonds is 9. The molecule has 3 aromatic carbocycles. The second-order valence-corrected chi connectivity index (χ2v) is 11.9. The van der Waals surface area contributed by atoms with Crippen LogP contribution < -0.4 is 9.64 Å². The molecule has 0 spiro atoms. The number of piperidine rings is 1. The molecule has 0 aromatic heterocycles. The van der Waals surface area contributed by atoms with Crippen LogP contribution in [0.3, 0.4) is 0 Å². The summed E-state index contributed by atoms with van der Waals surface area (Å²) < 4.78 is 48.8. The molecule has 1 fully saturated rings. The highest BCUT2D eigenvalue weighted by Crippen LogP contribution is 2.44. The smallest absolute Gasteiger partial charge is 0.159 e. The predicted octanol–water partition coefficient (Wildman–Crippen LogP) is 8.63. The molecule has 6 heteroatoms. The van der Waals surface area contributed by atoms with Gasteiger partial charge in [0.05, 0.1) is 0 Å². The number of hydrogen-bond acceptors (Lipinski definition) is 4. The normalized spacial score (nSPS) is 17.7. The zero-order valence-electron chi connectivity index (χ0n) is 25.2. The van der Waals surface area contributed by atoms with Gasteiger partial charge in [-0.1, -0.05) is 42.5 Å². The number of halogens is 2. The van der Waals surface area contributed by atoms with Gasteiger partial charge in [-0.25, -0.2) is 8.78 Å². The predicted molar refractivity (Wildman–Crippen MR) is 167 cm³/mol. The van der Waals surface area contributed by atoms with E-state index in [1.54, 1.807) is 26.4 Å². The zero-order chi connectivity index (χ0) is 29.8. The van der Waals surface area contributed by atoms with Crippen LogP contribution in [0.25, 0.3) is 5.57 Å². The van der Waals surface area contributed by atoms with Crippen molar-refractivity contribution in [2.75, 3.05) is 32.2 Å². The Labute approximate surface area is 254 Å². The van der Waals surface area contributed by atoms with Gasteiger partial charge >= 0.3 is 0 Å². The summed E-state index contributed by atoms with van der Waals surface area (Å²) in [6.07, 6.45) is 9.64. The van der Waals surface area contributed by atoms with Gasteiger partial charge in [0.2, 0.25) is 0 Å². The Kier molecular flexibility index (Phi) is 9.25. The Hall–Kier alpha value is -3.48. The van der Waals surface area contributed by atoms with Crippen molar-refractivity contribution in [3.05, 3.63) is 112 Å². The lowest BCUT2D eigenvalue weighted by Gasteiger charge is -2.36. The molecule has 0 N–H and O–H groups in total. The molecule has 0 radical (unpaired) electrons. The first-order chi connectivity index (χ1) is 21.1. The van der Waals surface area contributed by atoms with Gasteiger partial charge in [-0.05, 0) is 115 Å². The molecule has 4 nitrogen and oxygen atoms in total. The molecule has 0 saturated carbocycles. The van der Waals surface area contributed by atoms with Crippen molar-refractivity contribution in [2.24, 2.45) is 5.92 Å². The molecule has 6 rings (SSSR count). The SMILES string of the molecule is COC(OC)C1CCN(c2c(F)cc(C3=C(C4=CCCCC4)CCc4cc(OCc5ccccc5)ccc43)cc2F)CC1. The topological polar surface area (TPSA) is 30.9 Å². The van der Waals surface area contributed by atoms with E-state index in [4.69, 9.17) is 14.2 Å². The Balaban J connectivity index is 1.32. The van der Waals surface area contributed by atoms with E-state index in [-0.39, 0.29) is 17.9 Å². The molecule has 3 aromatic rings. The van der Waals surface area contributed by atoms with Crippen LogP contribution in [-0.4, -0.2) is 33.6 Å². The van der Waals surface area contributed by atoms with Crippen LogP contribution in [0, 0.1) is 17.6 Å². The molecule has 43 heavy (non-hydrogen) atoms. The molecule has 2 aliphatic carbocycles. The van der Waals surface area contributed by atoms with E-state index in [1.165, 1.54) is 17.6 Å². The third kappa shape index (κ3) is 6.41. The Bertz CT molecular complexity index is 1460. The lowest BCUT2D eigenvalue weighted by molar-refractivity contribution is -0.141. The minimum atomic E-state index is -0.511. The molecule has 0 unspecified atom stereocenters. The van der Waals surface area contributed by atoms with Crippen LogP contribution in [0.5, 0.6) is 5.75 Å². The Morgan fingerprint density at radius 2 is 1.60 bits per heavy atom. The summed E-state index contributed by atoms with van der Waals surface area (Å²) in [5.74, 6) is -0.0122. The summed E-state index contributed by atoms with van der Waals surface area (Å²) in [4.78, 5) is 1.83. The van der Waals surface area contributed by atoms with E-state index in [1.807, 2.05) is 41.3 Å². The first kappa shape index (κ1) is 29.6. The first-order valence-electron chi connectivity index (χ1n) is 15.6. The van der Waals surface area contributed by atoms with E-state index >= 15 is 8.78 Å². The van der Waals surface area contributed by atoms with Gasteiger partial charge in [0, 0.05) is 33.2 Å². The molecule has 1 heterocycles. The standard InChI is InChI=1S/C37H41F2NO3/c1-41-37(42-2)27-17-19-40(20-18-27)36-33(38)22-29(23-34(36)39)35-31(26-11-7-4-8-12-26)15-13-28-21-30(14-16-32(28)35)43-24-25-9-5-3-6-10-25/h3,5-6,9-11,14,16,21-23,27,37H,4,7-8,12-13,15,17-20,24H2,1-2H3. The number of hydrogen-bond donors (Lipinski definition) is 0. The van der Waals surface area contributed by atoms with Gasteiger partial charge in [0.25, 0.3) is 0 Å². The molecule has 3 aliphatic rings. The van der Waals surface area contributed by atoms with Crippen LogP contribution in [-0.2, 0) is 22.5 Å². The molecule has 0 atom stereocenters. The van der Waals surface area contributed by atoms with E-state index in [0.29, 0.717) is 25.3 Å². The van der Waals surface area contributed by atoms with Gasteiger partial charge < -0.3 is 19.1 Å². The molecule has 0 amide bonds. The number of fused-ring (bicyclic) bond motifs is 1. The number of nitrogens with zero attached hydrogens (tertiary/aromatic N) is 1. The van der Waals surface area contributed by atoms with Gasteiger partial charge in [-0.3, -0.25) is 0 Å². The molecule has 226 valence electrons. The van der Waals surface area contributed by atoms with Gasteiger partial charge in [-0.2, -0.15) is 0 Å². The Morgan fingerprint density at radius 1 is 0.860 bits per heavy atom. The number of anilines is 1. The largest absolute Gasteiger partial charge is 0.489 e. The third-order valence-corrected chi connectivity index (χ3v) is 9.23. The molecular weight excluding hydrogens is 544 g/mol. The lowest BCUT2D eigenvalue weighted by atomic mass is 9.77. The van der Waals surface area contributed by atoms with Gasteiger partial charge in [-0.15, -0.1) is 0 Å². The van der Waals surface area contributed by atoms with Crippen LogP contribution in [0.15, 0.2) is 77.9 Å². The summed E-state index contributed by atoms with van der Waals surface area (Å²) in [7, 11) is 3.26. The maximum atomic E-state index is 15.9. The summed E-state index contributed by atoms with van der Waals surface area (Å²) >= 11 is 0. The number of methoxy groups -OCH3 is 2. The van der Waals surface area contributed by atoms with Gasteiger partial charge in [0.1, 0.15) is 29.7 Å². The number of ether oxygens (including phenoxy) is 3. The van der Waals surface area contributed by atoms with Crippen molar-refractivity contribution >= 4 is 11.3 Å². The molecule has 1 saturated heterocycles. The van der Waals surface area contributed by atoms with Crippen molar-refractivity contribution in [1.82, 2.24) is 0 Å². The first-order valence-corrected chi connectivity index (χ1v) is 15.6. The van der Waals surface area contributed by atoms with E-state index in [0.717, 1.165) is 73.0 Å². The lowest BCUT2D eigenvalue weighted by Crippen LogP contribution is -2.39. The fourth-order valence-electron chi connectivity index (χ4n) is 7.05. The van der Waals surface area contributed by atoms with Crippen molar-refractivity contribution in [3.63, 3.8) is 0 Å².